The zero-order chi connectivity index (χ0) is 16.2. The highest BCUT2D eigenvalue weighted by Gasteiger charge is 2.33. The Balaban J connectivity index is 1.55. The van der Waals surface area contributed by atoms with Crippen molar-refractivity contribution >= 4 is 12.0 Å². The molecule has 3 rings (SSSR count). The van der Waals surface area contributed by atoms with Crippen LogP contribution in [0.25, 0.3) is 0 Å². The number of rotatable bonds is 4. The average molecular weight is 318 g/mol. The minimum Gasteiger partial charge on any atom is -0.496 e. The summed E-state index contributed by atoms with van der Waals surface area (Å²) in [5, 5.41) is 0. The Morgan fingerprint density at radius 2 is 2.00 bits per heavy atom. The summed E-state index contributed by atoms with van der Waals surface area (Å²) in [6.07, 6.45) is 1.75. The first kappa shape index (κ1) is 15.6. The Morgan fingerprint density at radius 1 is 1.26 bits per heavy atom. The standard InChI is InChI=1S/C17H22N2O4/c1-22-15-5-3-2-4-13(15)12-16(20)18-8-6-14(7-9-18)19-10-11-23-17(19)21/h2-5,14H,6-12H2,1H3. The number of ether oxygens (including phenoxy) is 2. The molecule has 2 amide bonds. The second-order valence-electron chi connectivity index (χ2n) is 5.91. The summed E-state index contributed by atoms with van der Waals surface area (Å²) in [7, 11) is 1.62. The zero-order valence-corrected chi connectivity index (χ0v) is 13.4. The number of methoxy groups -OCH3 is 1. The molecule has 1 aromatic carbocycles. The van der Waals surface area contributed by atoms with Crippen LogP contribution in [0.3, 0.4) is 0 Å². The number of hydrogen-bond acceptors (Lipinski definition) is 4. The van der Waals surface area contributed by atoms with Gasteiger partial charge in [-0.15, -0.1) is 0 Å². The minimum atomic E-state index is -0.219. The molecule has 2 aliphatic heterocycles. The molecule has 0 aromatic heterocycles. The highest BCUT2D eigenvalue weighted by molar-refractivity contribution is 5.79. The van der Waals surface area contributed by atoms with Gasteiger partial charge in [0.1, 0.15) is 12.4 Å². The summed E-state index contributed by atoms with van der Waals surface area (Å²) in [4.78, 5) is 27.8. The third-order valence-electron chi connectivity index (χ3n) is 4.58. The largest absolute Gasteiger partial charge is 0.496 e. The van der Waals surface area contributed by atoms with E-state index < -0.39 is 0 Å². The lowest BCUT2D eigenvalue weighted by Crippen LogP contribution is -2.47. The number of cyclic esters (lactones) is 1. The van der Waals surface area contributed by atoms with E-state index in [1.807, 2.05) is 29.2 Å². The lowest BCUT2D eigenvalue weighted by Gasteiger charge is -2.35. The monoisotopic (exact) mass is 318 g/mol. The summed E-state index contributed by atoms with van der Waals surface area (Å²) in [5.41, 5.74) is 0.908. The van der Waals surface area contributed by atoms with Crippen molar-refractivity contribution in [2.24, 2.45) is 0 Å². The fourth-order valence-electron chi connectivity index (χ4n) is 3.29. The number of benzene rings is 1. The number of nitrogens with zero attached hydrogens (tertiary/aromatic N) is 2. The Kier molecular flexibility index (Phi) is 4.69. The molecule has 2 aliphatic rings. The number of amides is 2. The summed E-state index contributed by atoms with van der Waals surface area (Å²) in [5.74, 6) is 0.854. The quantitative estimate of drug-likeness (QED) is 0.847. The van der Waals surface area contributed by atoms with E-state index in [2.05, 4.69) is 0 Å². The first-order chi connectivity index (χ1) is 11.2. The van der Waals surface area contributed by atoms with Crippen LogP contribution in [0.15, 0.2) is 24.3 Å². The van der Waals surface area contributed by atoms with Gasteiger partial charge in [0.2, 0.25) is 5.91 Å². The molecule has 6 heteroatoms. The fourth-order valence-corrected chi connectivity index (χ4v) is 3.29. The number of carbonyl (C=O) groups excluding carboxylic acids is 2. The van der Waals surface area contributed by atoms with Gasteiger partial charge in [0.25, 0.3) is 0 Å². The van der Waals surface area contributed by atoms with Crippen LogP contribution in [-0.4, -0.2) is 61.2 Å². The van der Waals surface area contributed by atoms with Crippen LogP contribution in [0.1, 0.15) is 18.4 Å². The minimum absolute atomic E-state index is 0.108. The molecule has 2 heterocycles. The molecule has 6 nitrogen and oxygen atoms in total. The van der Waals surface area contributed by atoms with Crippen molar-refractivity contribution in [1.82, 2.24) is 9.80 Å². The molecule has 1 aromatic rings. The maximum absolute atomic E-state index is 12.5. The van der Waals surface area contributed by atoms with Crippen molar-refractivity contribution in [2.45, 2.75) is 25.3 Å². The summed E-state index contributed by atoms with van der Waals surface area (Å²) in [6.45, 7) is 2.51. The molecule has 0 unspecified atom stereocenters. The predicted octanol–water partition coefficient (Wildman–Crippen LogP) is 1.68. The molecule has 0 radical (unpaired) electrons. The second-order valence-corrected chi connectivity index (χ2v) is 5.91. The van der Waals surface area contributed by atoms with E-state index in [1.165, 1.54) is 0 Å². The van der Waals surface area contributed by atoms with Gasteiger partial charge in [0, 0.05) is 24.7 Å². The van der Waals surface area contributed by atoms with Gasteiger partial charge in [-0.05, 0) is 18.9 Å². The molecule has 0 N–H and O–H groups in total. The molecule has 2 fully saturated rings. The van der Waals surface area contributed by atoms with Crippen molar-refractivity contribution < 1.29 is 19.1 Å². The Morgan fingerprint density at radius 3 is 2.65 bits per heavy atom. The molecule has 0 spiro atoms. The van der Waals surface area contributed by atoms with E-state index in [0.29, 0.717) is 32.7 Å². The van der Waals surface area contributed by atoms with Gasteiger partial charge < -0.3 is 19.3 Å². The normalized spacial score (nSPS) is 18.9. The van der Waals surface area contributed by atoms with E-state index in [4.69, 9.17) is 9.47 Å². The first-order valence-electron chi connectivity index (χ1n) is 8.02. The van der Waals surface area contributed by atoms with Gasteiger partial charge in [-0.1, -0.05) is 18.2 Å². The molecule has 23 heavy (non-hydrogen) atoms. The molecule has 124 valence electrons. The van der Waals surface area contributed by atoms with E-state index in [0.717, 1.165) is 24.2 Å². The van der Waals surface area contributed by atoms with Crippen molar-refractivity contribution in [3.63, 3.8) is 0 Å². The molecular formula is C17H22N2O4. The number of piperidine rings is 1. The topological polar surface area (TPSA) is 59.1 Å². The highest BCUT2D eigenvalue weighted by Crippen LogP contribution is 2.22. The SMILES string of the molecule is COc1ccccc1CC(=O)N1CCC(N2CCOC2=O)CC1. The predicted molar refractivity (Wildman–Crippen MR) is 84.4 cm³/mol. The lowest BCUT2D eigenvalue weighted by atomic mass is 10.0. The van der Waals surface area contributed by atoms with E-state index in [-0.39, 0.29) is 18.0 Å². The van der Waals surface area contributed by atoms with Crippen molar-refractivity contribution in [3.05, 3.63) is 29.8 Å². The van der Waals surface area contributed by atoms with Crippen LogP contribution in [-0.2, 0) is 16.0 Å². The van der Waals surface area contributed by atoms with Gasteiger partial charge >= 0.3 is 6.09 Å². The Labute approximate surface area is 136 Å². The van der Waals surface area contributed by atoms with Gasteiger partial charge in [-0.25, -0.2) is 4.79 Å². The van der Waals surface area contributed by atoms with Crippen LogP contribution < -0.4 is 4.74 Å². The number of carbonyl (C=O) groups is 2. The maximum atomic E-state index is 12.5. The van der Waals surface area contributed by atoms with Gasteiger partial charge in [0.05, 0.1) is 20.1 Å². The van der Waals surface area contributed by atoms with Gasteiger partial charge in [-0.3, -0.25) is 4.79 Å². The van der Waals surface area contributed by atoms with Gasteiger partial charge in [0.15, 0.2) is 0 Å². The maximum Gasteiger partial charge on any atom is 0.410 e. The number of likely N-dealkylation sites (tertiary alicyclic amines) is 1. The Bertz CT molecular complexity index is 582. The average Bonchev–Trinajstić information content (AvgIpc) is 3.01. The fraction of sp³-hybridized carbons (Fsp3) is 0.529. The highest BCUT2D eigenvalue weighted by atomic mass is 16.6. The van der Waals surface area contributed by atoms with Crippen LogP contribution in [0.2, 0.25) is 0 Å². The van der Waals surface area contributed by atoms with Gasteiger partial charge in [-0.2, -0.15) is 0 Å². The van der Waals surface area contributed by atoms with Crippen LogP contribution >= 0.6 is 0 Å². The molecule has 0 bridgehead atoms. The number of hydrogen-bond donors (Lipinski definition) is 0. The van der Waals surface area contributed by atoms with Crippen LogP contribution in [0, 0.1) is 0 Å². The first-order valence-corrected chi connectivity index (χ1v) is 8.02. The summed E-state index contributed by atoms with van der Waals surface area (Å²) >= 11 is 0. The third kappa shape index (κ3) is 3.41. The Hall–Kier alpha value is -2.24. The van der Waals surface area contributed by atoms with E-state index in [1.54, 1.807) is 12.0 Å². The summed E-state index contributed by atoms with van der Waals surface area (Å²) in [6, 6.07) is 7.79. The van der Waals surface area contributed by atoms with E-state index >= 15 is 0 Å². The van der Waals surface area contributed by atoms with E-state index in [9.17, 15) is 9.59 Å². The van der Waals surface area contributed by atoms with Crippen molar-refractivity contribution in [1.29, 1.82) is 0 Å². The molecule has 0 atom stereocenters. The van der Waals surface area contributed by atoms with Crippen molar-refractivity contribution in [2.75, 3.05) is 33.4 Å². The molecule has 0 aliphatic carbocycles. The smallest absolute Gasteiger partial charge is 0.410 e. The summed E-state index contributed by atoms with van der Waals surface area (Å²) < 4.78 is 10.3. The third-order valence-corrected chi connectivity index (χ3v) is 4.58. The molecule has 2 saturated heterocycles. The molecular weight excluding hydrogens is 296 g/mol. The second kappa shape index (κ2) is 6.89. The zero-order valence-electron chi connectivity index (χ0n) is 13.4. The molecule has 0 saturated carbocycles. The number of para-hydroxylation sites is 1. The van der Waals surface area contributed by atoms with Crippen LogP contribution in [0.5, 0.6) is 5.75 Å². The lowest BCUT2D eigenvalue weighted by molar-refractivity contribution is -0.131. The van der Waals surface area contributed by atoms with Crippen molar-refractivity contribution in [3.8, 4) is 5.75 Å². The van der Waals surface area contributed by atoms with Crippen LogP contribution in [0.4, 0.5) is 4.79 Å².